The highest BCUT2D eigenvalue weighted by Gasteiger charge is 2.48. The van der Waals surface area contributed by atoms with Gasteiger partial charge in [0, 0.05) is 54.7 Å². The van der Waals surface area contributed by atoms with Crippen molar-refractivity contribution in [2.24, 2.45) is 11.8 Å². The van der Waals surface area contributed by atoms with Gasteiger partial charge in [0.15, 0.2) is 0 Å². The maximum absolute atomic E-state index is 13.2. The van der Waals surface area contributed by atoms with E-state index in [-0.39, 0.29) is 18.1 Å². The van der Waals surface area contributed by atoms with E-state index in [1.807, 2.05) is 18.3 Å². The number of hydrogen-bond acceptors (Lipinski definition) is 5. The van der Waals surface area contributed by atoms with Gasteiger partial charge in [0.1, 0.15) is 0 Å². The molecule has 5 unspecified atom stereocenters. The Balaban J connectivity index is 1.12. The van der Waals surface area contributed by atoms with Gasteiger partial charge >= 0.3 is 6.03 Å². The second-order valence-corrected chi connectivity index (χ2v) is 11.3. The molecule has 6 rings (SSSR count). The molecule has 0 radical (unpaired) electrons. The highest BCUT2D eigenvalue weighted by Crippen LogP contribution is 2.42. The fourth-order valence-corrected chi connectivity index (χ4v) is 6.92. The highest BCUT2D eigenvalue weighted by molar-refractivity contribution is 6.30. The number of aromatic nitrogens is 1. The number of aryl methyl sites for hydroxylation is 1. The van der Waals surface area contributed by atoms with Crippen LogP contribution in [-0.2, 0) is 6.54 Å². The van der Waals surface area contributed by atoms with Crippen LogP contribution in [0.25, 0.3) is 0 Å². The molecule has 35 heavy (non-hydrogen) atoms. The first-order valence-corrected chi connectivity index (χ1v) is 13.4. The van der Waals surface area contributed by atoms with Crippen LogP contribution in [0.5, 0.6) is 0 Å². The smallest absolute Gasteiger partial charge is 0.317 e. The lowest BCUT2D eigenvalue weighted by Crippen LogP contribution is -2.64. The lowest BCUT2D eigenvalue weighted by atomic mass is 9.71. The van der Waals surface area contributed by atoms with E-state index in [4.69, 9.17) is 11.6 Å². The Kier molecular flexibility index (Phi) is 6.43. The Labute approximate surface area is 212 Å². The number of hydrogen-bond donors (Lipinski definition) is 3. The average Bonchev–Trinajstić information content (AvgIpc) is 3.26. The van der Waals surface area contributed by atoms with Crippen LogP contribution in [0.2, 0.25) is 5.02 Å². The fourth-order valence-electron chi connectivity index (χ4n) is 6.80. The summed E-state index contributed by atoms with van der Waals surface area (Å²) in [5, 5.41) is 4.16. The molecular formula is C27H35ClN6O. The van der Waals surface area contributed by atoms with Crippen molar-refractivity contribution in [3.63, 3.8) is 0 Å². The number of hydrazine groups is 1. The lowest BCUT2D eigenvalue weighted by molar-refractivity contribution is 0.0523. The maximum Gasteiger partial charge on any atom is 0.317 e. The van der Waals surface area contributed by atoms with E-state index < -0.39 is 0 Å². The summed E-state index contributed by atoms with van der Waals surface area (Å²) in [6.45, 7) is 5.83. The number of fused-ring (bicyclic) bond motifs is 2. The van der Waals surface area contributed by atoms with Crippen molar-refractivity contribution in [3.8, 4) is 0 Å². The number of urea groups is 1. The average molecular weight is 495 g/mol. The minimum atomic E-state index is 0.121. The number of likely N-dealkylation sites (tertiary alicyclic amines) is 1. The number of nitrogens with one attached hydrogen (secondary N) is 3. The van der Waals surface area contributed by atoms with Crippen molar-refractivity contribution in [1.82, 2.24) is 31.0 Å². The normalized spacial score (nSPS) is 33.2. The Hall–Kier alpha value is -2.19. The molecule has 4 fully saturated rings. The van der Waals surface area contributed by atoms with E-state index in [1.165, 1.54) is 11.1 Å². The third-order valence-electron chi connectivity index (χ3n) is 8.54. The molecule has 1 aromatic heterocycles. The molecule has 8 heteroatoms. The predicted molar refractivity (Wildman–Crippen MR) is 137 cm³/mol. The number of carbonyl (C=O) groups is 1. The zero-order valence-corrected chi connectivity index (χ0v) is 21.0. The van der Waals surface area contributed by atoms with Crippen LogP contribution in [0.4, 0.5) is 4.79 Å². The van der Waals surface area contributed by atoms with Crippen molar-refractivity contribution in [1.29, 1.82) is 0 Å². The summed E-state index contributed by atoms with van der Waals surface area (Å²) < 4.78 is 0. The molecule has 6 atom stereocenters. The predicted octanol–water partition coefficient (Wildman–Crippen LogP) is 3.65. The van der Waals surface area contributed by atoms with Gasteiger partial charge in [0.05, 0.1) is 6.04 Å². The summed E-state index contributed by atoms with van der Waals surface area (Å²) in [5.74, 6) is 0.996. The quantitative estimate of drug-likeness (QED) is 0.605. The number of pyridine rings is 1. The lowest BCUT2D eigenvalue weighted by Gasteiger charge is -2.49. The molecule has 3 N–H and O–H groups in total. The Morgan fingerprint density at radius 2 is 1.94 bits per heavy atom. The fraction of sp³-hybridized carbons (Fsp3) is 0.556. The number of benzene rings is 1. The van der Waals surface area contributed by atoms with Gasteiger partial charge in [-0.1, -0.05) is 23.7 Å². The number of nitrogens with zero attached hydrogens (tertiary/aromatic N) is 3. The topological polar surface area (TPSA) is 72.5 Å². The molecule has 0 spiro atoms. The number of halogens is 1. The molecule has 7 nitrogen and oxygen atoms in total. The van der Waals surface area contributed by atoms with E-state index in [0.29, 0.717) is 23.9 Å². The van der Waals surface area contributed by atoms with Gasteiger partial charge in [-0.15, -0.1) is 0 Å². The summed E-state index contributed by atoms with van der Waals surface area (Å²) in [6.07, 6.45) is 6.20. The summed E-state index contributed by atoms with van der Waals surface area (Å²) in [7, 11) is 0. The van der Waals surface area contributed by atoms with Crippen LogP contribution in [-0.4, -0.2) is 58.6 Å². The molecule has 0 bridgehead atoms. The third-order valence-corrected chi connectivity index (χ3v) is 8.79. The largest absolute Gasteiger partial charge is 0.335 e. The Bertz CT molecular complexity index is 1060. The van der Waals surface area contributed by atoms with Crippen molar-refractivity contribution < 1.29 is 4.79 Å². The first kappa shape index (κ1) is 23.2. The van der Waals surface area contributed by atoms with Gasteiger partial charge in [-0.25, -0.2) is 10.2 Å². The van der Waals surface area contributed by atoms with Crippen LogP contribution < -0.4 is 16.2 Å². The maximum atomic E-state index is 13.2. The summed E-state index contributed by atoms with van der Waals surface area (Å²) in [6, 6.07) is 13.8. The van der Waals surface area contributed by atoms with Crippen LogP contribution in [0.3, 0.4) is 0 Å². The first-order chi connectivity index (χ1) is 17.0. The van der Waals surface area contributed by atoms with Crippen LogP contribution in [0.15, 0.2) is 42.6 Å². The molecule has 1 aromatic carbocycles. The molecular weight excluding hydrogens is 460 g/mol. The van der Waals surface area contributed by atoms with E-state index in [0.717, 1.165) is 62.6 Å². The molecule has 3 saturated heterocycles. The molecule has 1 saturated carbocycles. The van der Waals surface area contributed by atoms with Gasteiger partial charge in [0.25, 0.3) is 0 Å². The minimum absolute atomic E-state index is 0.121. The van der Waals surface area contributed by atoms with Crippen molar-refractivity contribution in [2.45, 2.75) is 63.3 Å². The van der Waals surface area contributed by atoms with Crippen molar-refractivity contribution >= 4 is 17.6 Å². The molecule has 2 amide bonds. The summed E-state index contributed by atoms with van der Waals surface area (Å²) in [4.78, 5) is 22.2. The molecule has 1 aliphatic carbocycles. The van der Waals surface area contributed by atoms with Gasteiger partial charge in [-0.3, -0.25) is 15.3 Å². The van der Waals surface area contributed by atoms with Gasteiger partial charge in [0.2, 0.25) is 0 Å². The third kappa shape index (κ3) is 4.79. The van der Waals surface area contributed by atoms with Crippen LogP contribution in [0, 0.1) is 18.8 Å². The van der Waals surface area contributed by atoms with Crippen LogP contribution in [0.1, 0.15) is 48.5 Å². The zero-order valence-electron chi connectivity index (χ0n) is 20.3. The standard InChI is InChI=1S/C27H35ClN6O/c1-17-11-19(8-9-29-17)26-23-12-20-15-34(27(35)30-24(20)13-25(23)31-32-26)22-3-2-10-33(16-22)14-18-4-6-21(28)7-5-18/h4-9,11,20,22-26,31-32H,2-3,10,12-16H2,1H3,(H,30,35)/t20?,22-,23?,24?,25?,26?/m1/s1. The second kappa shape index (κ2) is 9.69. The van der Waals surface area contributed by atoms with E-state index in [2.05, 4.69) is 62.1 Å². The molecule has 4 aliphatic rings. The Morgan fingerprint density at radius 3 is 2.77 bits per heavy atom. The highest BCUT2D eigenvalue weighted by atomic mass is 35.5. The Morgan fingerprint density at radius 1 is 1.09 bits per heavy atom. The minimum Gasteiger partial charge on any atom is -0.335 e. The first-order valence-electron chi connectivity index (χ1n) is 13.0. The number of carbonyl (C=O) groups excluding carboxylic acids is 1. The van der Waals surface area contributed by atoms with Gasteiger partial charge in [-0.2, -0.15) is 0 Å². The second-order valence-electron chi connectivity index (χ2n) is 10.9. The number of piperidine rings is 1. The van der Waals surface area contributed by atoms with Gasteiger partial charge < -0.3 is 10.2 Å². The summed E-state index contributed by atoms with van der Waals surface area (Å²) in [5.41, 5.74) is 10.7. The van der Waals surface area contributed by atoms with Crippen molar-refractivity contribution in [2.75, 3.05) is 19.6 Å². The molecule has 186 valence electrons. The number of amides is 2. The van der Waals surface area contributed by atoms with E-state index in [9.17, 15) is 4.79 Å². The SMILES string of the molecule is Cc1cc(C2NNC3CC4NC(=O)N([C@@H]5CCCN(Cc6ccc(Cl)cc6)C5)CC4CC32)ccn1. The molecule has 2 aromatic rings. The van der Waals surface area contributed by atoms with E-state index >= 15 is 0 Å². The monoisotopic (exact) mass is 494 g/mol. The zero-order chi connectivity index (χ0) is 23.9. The molecule has 4 heterocycles. The van der Waals surface area contributed by atoms with Crippen molar-refractivity contribution in [3.05, 3.63) is 64.4 Å². The van der Waals surface area contributed by atoms with Crippen LogP contribution >= 0.6 is 11.6 Å². The van der Waals surface area contributed by atoms with Gasteiger partial charge in [-0.05, 0) is 86.4 Å². The molecule has 3 aliphatic heterocycles. The summed E-state index contributed by atoms with van der Waals surface area (Å²) >= 11 is 6.06. The number of rotatable bonds is 4. The van der Waals surface area contributed by atoms with E-state index in [1.54, 1.807) is 0 Å².